The van der Waals surface area contributed by atoms with E-state index >= 15 is 0 Å². The molecule has 119 valence electrons. The van der Waals surface area contributed by atoms with E-state index in [0.29, 0.717) is 0 Å². The highest BCUT2D eigenvalue weighted by molar-refractivity contribution is 6.82. The summed E-state index contributed by atoms with van der Waals surface area (Å²) in [5.74, 6) is 0. The van der Waals surface area contributed by atoms with Crippen molar-refractivity contribution in [3.8, 4) is 0 Å². The van der Waals surface area contributed by atoms with Crippen molar-refractivity contribution in [2.75, 3.05) is 0 Å². The Morgan fingerprint density at radius 1 is 1.05 bits per heavy atom. The summed E-state index contributed by atoms with van der Waals surface area (Å²) in [7, 11) is 0.754. The molecular weight excluding hydrogens is 341 g/mol. The van der Waals surface area contributed by atoms with Crippen molar-refractivity contribution in [3.05, 3.63) is 35.9 Å². The molecule has 7 radical (unpaired) electrons. The first-order valence-corrected chi connectivity index (χ1v) is 11.6. The highest BCUT2D eigenvalue weighted by Crippen LogP contribution is 2.50. The predicted molar refractivity (Wildman–Crippen MR) is 95.9 cm³/mol. The van der Waals surface area contributed by atoms with Crippen LogP contribution in [0.3, 0.4) is 0 Å². The van der Waals surface area contributed by atoms with E-state index in [-0.39, 0.29) is 30.1 Å². The Kier molecular flexibility index (Phi) is 7.44. The zero-order valence-corrected chi connectivity index (χ0v) is 18.3. The highest BCUT2D eigenvalue weighted by Gasteiger charge is 2.56. The molecule has 1 aromatic rings. The minimum absolute atomic E-state index is 0.00719. The molecule has 0 aliphatic carbocycles. The molecule has 0 amide bonds. The largest absolute Gasteiger partial charge is 0.435 e. The standard InChI is InChI=1S/C15H25O3Si4/c1-7-22(14(2,3)4,18-21-17-20-16-19)15(5,6)13-11-9-8-10-12-13/h8-12H,7H2,1-6H3. The van der Waals surface area contributed by atoms with Crippen LogP contribution in [0.5, 0.6) is 0 Å². The third-order valence-corrected chi connectivity index (χ3v) is 13.0. The van der Waals surface area contributed by atoms with Crippen LogP contribution in [0.4, 0.5) is 0 Å². The summed E-state index contributed by atoms with van der Waals surface area (Å²) in [5, 5.41) is 0.0743. The number of benzene rings is 1. The van der Waals surface area contributed by atoms with Gasteiger partial charge in [-0.25, -0.2) is 0 Å². The van der Waals surface area contributed by atoms with Crippen molar-refractivity contribution in [1.29, 1.82) is 0 Å². The lowest BCUT2D eigenvalue weighted by Gasteiger charge is -2.52. The molecule has 1 rings (SSSR count). The lowest BCUT2D eigenvalue weighted by atomic mass is 10.0. The van der Waals surface area contributed by atoms with Gasteiger partial charge in [-0.15, -0.1) is 0 Å². The molecule has 0 aliphatic heterocycles. The van der Waals surface area contributed by atoms with E-state index < -0.39 is 8.32 Å². The third kappa shape index (κ3) is 4.08. The van der Waals surface area contributed by atoms with Crippen molar-refractivity contribution in [2.24, 2.45) is 0 Å². The summed E-state index contributed by atoms with van der Waals surface area (Å²) in [4.78, 5) is 0. The summed E-state index contributed by atoms with van der Waals surface area (Å²) in [5.41, 5.74) is 1.34. The van der Waals surface area contributed by atoms with Gasteiger partial charge < -0.3 is 12.3 Å². The van der Waals surface area contributed by atoms with E-state index in [1.807, 2.05) is 0 Å². The Bertz CT molecular complexity index is 448. The SMILES string of the molecule is CC[Si](O[Si]O[Si]O[Si])(C(C)(C)C)C(C)(C)c1ccccc1. The molecule has 0 aliphatic rings. The second kappa shape index (κ2) is 8.18. The summed E-state index contributed by atoms with van der Waals surface area (Å²) >= 11 is 0. The average Bonchev–Trinajstić information content (AvgIpc) is 2.47. The summed E-state index contributed by atoms with van der Waals surface area (Å²) in [6.07, 6.45) is 0. The molecule has 0 saturated heterocycles. The van der Waals surface area contributed by atoms with Crippen LogP contribution in [0, 0.1) is 0 Å². The van der Waals surface area contributed by atoms with Gasteiger partial charge in [0.2, 0.25) is 10.5 Å². The van der Waals surface area contributed by atoms with E-state index in [1.54, 1.807) is 0 Å². The molecule has 0 N–H and O–H groups in total. The second-order valence-corrected chi connectivity index (χ2v) is 14.8. The van der Waals surface area contributed by atoms with Crippen molar-refractivity contribution in [2.45, 2.75) is 57.7 Å². The lowest BCUT2D eigenvalue weighted by molar-refractivity contribution is 0.374. The fourth-order valence-electron chi connectivity index (χ4n) is 3.48. The van der Waals surface area contributed by atoms with Crippen LogP contribution < -0.4 is 0 Å². The molecule has 1 aromatic carbocycles. The van der Waals surface area contributed by atoms with Gasteiger partial charge in [-0.05, 0) is 16.6 Å². The molecule has 22 heavy (non-hydrogen) atoms. The molecule has 3 nitrogen and oxygen atoms in total. The van der Waals surface area contributed by atoms with Gasteiger partial charge >= 0.3 is 20.0 Å². The van der Waals surface area contributed by atoms with Gasteiger partial charge in [0.25, 0.3) is 0 Å². The molecule has 0 spiro atoms. The van der Waals surface area contributed by atoms with Crippen LogP contribution in [0.2, 0.25) is 11.1 Å². The van der Waals surface area contributed by atoms with E-state index in [2.05, 4.69) is 82.4 Å². The maximum atomic E-state index is 6.51. The Labute approximate surface area is 144 Å². The third-order valence-electron chi connectivity index (χ3n) is 4.56. The number of hydrogen-bond acceptors (Lipinski definition) is 3. The molecule has 1 atom stereocenters. The van der Waals surface area contributed by atoms with Crippen LogP contribution in [0.15, 0.2) is 30.3 Å². The molecule has 0 fully saturated rings. The quantitative estimate of drug-likeness (QED) is 0.521. The van der Waals surface area contributed by atoms with Crippen LogP contribution in [-0.2, 0) is 17.4 Å². The number of rotatable bonds is 8. The maximum Gasteiger partial charge on any atom is 0.411 e. The molecule has 1 unspecified atom stereocenters. The Morgan fingerprint density at radius 3 is 2.09 bits per heavy atom. The zero-order chi connectivity index (χ0) is 16.9. The lowest BCUT2D eigenvalue weighted by Crippen LogP contribution is -2.61. The van der Waals surface area contributed by atoms with Gasteiger partial charge in [0.05, 0.1) is 0 Å². The van der Waals surface area contributed by atoms with Gasteiger partial charge in [-0.2, -0.15) is 0 Å². The zero-order valence-electron chi connectivity index (χ0n) is 14.3. The van der Waals surface area contributed by atoms with Crippen molar-refractivity contribution in [1.82, 2.24) is 0 Å². The van der Waals surface area contributed by atoms with E-state index in [4.69, 9.17) is 12.3 Å². The van der Waals surface area contributed by atoms with Crippen LogP contribution in [0.25, 0.3) is 0 Å². The monoisotopic (exact) mass is 365 g/mol. The topological polar surface area (TPSA) is 27.7 Å². The Balaban J connectivity index is 3.18. The Hall–Kier alpha value is -0.0325. The predicted octanol–water partition coefficient (Wildman–Crippen LogP) is 3.47. The van der Waals surface area contributed by atoms with Gasteiger partial charge in [0.15, 0.2) is 8.32 Å². The summed E-state index contributed by atoms with van der Waals surface area (Å²) < 4.78 is 16.8. The maximum absolute atomic E-state index is 6.51. The molecule has 7 heteroatoms. The van der Waals surface area contributed by atoms with Crippen LogP contribution in [-0.4, -0.2) is 38.8 Å². The van der Waals surface area contributed by atoms with E-state index in [0.717, 1.165) is 6.04 Å². The minimum atomic E-state index is -2.17. The van der Waals surface area contributed by atoms with Gasteiger partial charge in [-0.3, -0.25) is 0 Å². The van der Waals surface area contributed by atoms with E-state index in [1.165, 1.54) is 5.56 Å². The fraction of sp³-hybridized carbons (Fsp3) is 0.600. The number of hydrogen-bond donors (Lipinski definition) is 0. The fourth-order valence-corrected chi connectivity index (χ4v) is 12.5. The van der Waals surface area contributed by atoms with Gasteiger partial charge in [0.1, 0.15) is 0 Å². The second-order valence-electron chi connectivity index (χ2n) is 6.89. The van der Waals surface area contributed by atoms with Crippen LogP contribution >= 0.6 is 0 Å². The van der Waals surface area contributed by atoms with Crippen LogP contribution in [0.1, 0.15) is 47.1 Å². The molecular formula is C15H25O3Si4. The smallest absolute Gasteiger partial charge is 0.411 e. The first kappa shape index (κ1) is 20.0. The van der Waals surface area contributed by atoms with E-state index in [9.17, 15) is 0 Å². The van der Waals surface area contributed by atoms with Crippen molar-refractivity contribution >= 4 is 38.8 Å². The molecule has 0 saturated carbocycles. The van der Waals surface area contributed by atoms with Crippen molar-refractivity contribution < 1.29 is 12.3 Å². The highest BCUT2D eigenvalue weighted by atomic mass is 28.4. The minimum Gasteiger partial charge on any atom is -0.435 e. The molecule has 0 aromatic heterocycles. The first-order valence-electron chi connectivity index (χ1n) is 7.45. The first-order chi connectivity index (χ1) is 10.2. The van der Waals surface area contributed by atoms with Crippen molar-refractivity contribution in [3.63, 3.8) is 0 Å². The normalized spacial score (nSPS) is 15.6. The molecule has 0 bridgehead atoms. The Morgan fingerprint density at radius 2 is 1.64 bits per heavy atom. The summed E-state index contributed by atoms with van der Waals surface area (Å²) in [6.45, 7) is 13.8. The average molecular weight is 366 g/mol. The van der Waals surface area contributed by atoms with Gasteiger partial charge in [-0.1, -0.05) is 71.9 Å². The van der Waals surface area contributed by atoms with Gasteiger partial charge in [0, 0.05) is 5.04 Å². The summed E-state index contributed by atoms with van der Waals surface area (Å²) in [6, 6.07) is 11.7. The molecule has 0 heterocycles.